The van der Waals surface area contributed by atoms with E-state index in [-0.39, 0.29) is 30.2 Å². The summed E-state index contributed by atoms with van der Waals surface area (Å²) in [5, 5.41) is 12.5. The number of ether oxygens (including phenoxy) is 1. The molecule has 3 aromatic rings. The predicted octanol–water partition coefficient (Wildman–Crippen LogP) is 3.88. The normalized spacial score (nSPS) is 14.9. The third-order valence-corrected chi connectivity index (χ3v) is 5.52. The molecule has 1 amide bonds. The van der Waals surface area contributed by atoms with Crippen LogP contribution in [-0.4, -0.2) is 35.1 Å². The quantitative estimate of drug-likeness (QED) is 0.558. The number of aliphatic hydroxyl groups is 1. The Balaban J connectivity index is 1.22. The van der Waals surface area contributed by atoms with Crippen molar-refractivity contribution in [1.29, 1.82) is 0 Å². The van der Waals surface area contributed by atoms with Gasteiger partial charge in [0, 0.05) is 26.2 Å². The molecule has 1 saturated heterocycles. The van der Waals surface area contributed by atoms with E-state index in [2.05, 4.69) is 22.3 Å². The highest BCUT2D eigenvalue weighted by Crippen LogP contribution is 2.16. The zero-order chi connectivity index (χ0) is 22.3. The average molecular weight is 438 g/mol. The molecular weight excluding hydrogens is 411 g/mol. The highest BCUT2D eigenvalue weighted by Gasteiger charge is 2.17. The van der Waals surface area contributed by atoms with Crippen LogP contribution in [0.3, 0.4) is 0 Å². The number of carbonyl (C=O) groups excluding carboxylic acids is 1. The standard InChI is InChI=1S/C25H27FN2O4/c26-20-5-7-22(8-6-20)31-17-23-9-10-24(32-23)25(30)27-15-18-1-3-19(4-2-18)16-28-13-11-21(29)12-14-28/h1-10,21,29H,11-17H2,(H,27,30). The fraction of sp³-hybridized carbons (Fsp3) is 0.320. The van der Waals surface area contributed by atoms with Crippen molar-refractivity contribution in [2.24, 2.45) is 0 Å². The van der Waals surface area contributed by atoms with Crippen molar-refractivity contribution in [3.8, 4) is 5.75 Å². The third kappa shape index (κ3) is 6.18. The van der Waals surface area contributed by atoms with Crippen molar-refractivity contribution in [1.82, 2.24) is 10.2 Å². The van der Waals surface area contributed by atoms with Gasteiger partial charge in [-0.3, -0.25) is 9.69 Å². The molecule has 7 heteroatoms. The van der Waals surface area contributed by atoms with Gasteiger partial charge >= 0.3 is 0 Å². The largest absolute Gasteiger partial charge is 0.486 e. The summed E-state index contributed by atoms with van der Waals surface area (Å²) >= 11 is 0. The molecule has 0 bridgehead atoms. The van der Waals surface area contributed by atoms with Crippen LogP contribution in [0.1, 0.15) is 40.3 Å². The zero-order valence-electron chi connectivity index (χ0n) is 17.8. The molecule has 168 valence electrons. The molecule has 1 aliphatic rings. The van der Waals surface area contributed by atoms with E-state index in [0.29, 0.717) is 18.1 Å². The molecule has 2 heterocycles. The Kier molecular flexibility index (Phi) is 7.19. The molecule has 2 aromatic carbocycles. The Morgan fingerprint density at radius 3 is 2.44 bits per heavy atom. The van der Waals surface area contributed by atoms with Crippen LogP contribution in [-0.2, 0) is 19.7 Å². The topological polar surface area (TPSA) is 74.9 Å². The lowest BCUT2D eigenvalue weighted by Crippen LogP contribution is -2.35. The first-order chi connectivity index (χ1) is 15.5. The van der Waals surface area contributed by atoms with Crippen LogP contribution < -0.4 is 10.1 Å². The number of nitrogens with zero attached hydrogens (tertiary/aromatic N) is 1. The van der Waals surface area contributed by atoms with Crippen LogP contribution >= 0.6 is 0 Å². The van der Waals surface area contributed by atoms with Gasteiger partial charge in [0.15, 0.2) is 5.76 Å². The van der Waals surface area contributed by atoms with E-state index < -0.39 is 0 Å². The lowest BCUT2D eigenvalue weighted by Gasteiger charge is -2.29. The molecule has 1 aliphatic heterocycles. The summed E-state index contributed by atoms with van der Waals surface area (Å²) in [6.45, 7) is 3.25. The van der Waals surface area contributed by atoms with Gasteiger partial charge in [-0.15, -0.1) is 0 Å². The van der Waals surface area contributed by atoms with Gasteiger partial charge in [-0.1, -0.05) is 24.3 Å². The second kappa shape index (κ2) is 10.4. The number of aliphatic hydroxyl groups excluding tert-OH is 1. The molecule has 0 aliphatic carbocycles. The predicted molar refractivity (Wildman–Crippen MR) is 118 cm³/mol. The molecule has 2 N–H and O–H groups in total. The third-order valence-electron chi connectivity index (χ3n) is 5.52. The van der Waals surface area contributed by atoms with Crippen LogP contribution in [0.4, 0.5) is 4.39 Å². The monoisotopic (exact) mass is 438 g/mol. The molecule has 6 nitrogen and oxygen atoms in total. The maximum atomic E-state index is 12.9. The highest BCUT2D eigenvalue weighted by molar-refractivity contribution is 5.91. The van der Waals surface area contributed by atoms with E-state index in [1.54, 1.807) is 12.1 Å². The Bertz CT molecular complexity index is 1010. The molecule has 1 fully saturated rings. The van der Waals surface area contributed by atoms with E-state index in [1.165, 1.54) is 29.8 Å². The Labute approximate surface area is 186 Å². The Morgan fingerprint density at radius 1 is 1.03 bits per heavy atom. The van der Waals surface area contributed by atoms with Crippen LogP contribution in [0.5, 0.6) is 5.75 Å². The summed E-state index contributed by atoms with van der Waals surface area (Å²) in [5.74, 6) is 0.622. The summed E-state index contributed by atoms with van der Waals surface area (Å²) in [6.07, 6.45) is 1.50. The summed E-state index contributed by atoms with van der Waals surface area (Å²) in [5.41, 5.74) is 2.22. The fourth-order valence-electron chi connectivity index (χ4n) is 3.63. The van der Waals surface area contributed by atoms with Crippen LogP contribution in [0.15, 0.2) is 65.1 Å². The van der Waals surface area contributed by atoms with Gasteiger partial charge in [-0.2, -0.15) is 0 Å². The van der Waals surface area contributed by atoms with Crippen molar-refractivity contribution in [2.45, 2.75) is 38.6 Å². The summed E-state index contributed by atoms with van der Waals surface area (Å²) < 4.78 is 24.0. The van der Waals surface area contributed by atoms with E-state index >= 15 is 0 Å². The van der Waals surface area contributed by atoms with Gasteiger partial charge < -0.3 is 19.6 Å². The smallest absolute Gasteiger partial charge is 0.287 e. The number of piperidine rings is 1. The van der Waals surface area contributed by atoms with Gasteiger partial charge in [0.2, 0.25) is 0 Å². The number of hydrogen-bond acceptors (Lipinski definition) is 5. The number of furan rings is 1. The first-order valence-electron chi connectivity index (χ1n) is 10.8. The molecule has 0 atom stereocenters. The number of halogens is 1. The van der Waals surface area contributed by atoms with E-state index in [9.17, 15) is 14.3 Å². The van der Waals surface area contributed by atoms with Crippen LogP contribution in [0.2, 0.25) is 0 Å². The summed E-state index contributed by atoms with van der Waals surface area (Å²) in [4.78, 5) is 14.7. The number of likely N-dealkylation sites (tertiary alicyclic amines) is 1. The fourth-order valence-corrected chi connectivity index (χ4v) is 3.63. The molecule has 0 spiro atoms. The molecular formula is C25H27FN2O4. The number of nitrogens with one attached hydrogen (secondary N) is 1. The molecule has 1 aromatic heterocycles. The minimum atomic E-state index is -0.327. The van der Waals surface area contributed by atoms with E-state index in [4.69, 9.17) is 9.15 Å². The van der Waals surface area contributed by atoms with Gasteiger partial charge in [-0.25, -0.2) is 4.39 Å². The average Bonchev–Trinajstić information content (AvgIpc) is 3.29. The molecule has 0 unspecified atom stereocenters. The second-order valence-corrected chi connectivity index (χ2v) is 8.02. The number of rotatable bonds is 8. The highest BCUT2D eigenvalue weighted by atomic mass is 19.1. The van der Waals surface area contributed by atoms with Crippen molar-refractivity contribution in [2.75, 3.05) is 13.1 Å². The maximum Gasteiger partial charge on any atom is 0.287 e. The molecule has 4 rings (SSSR count). The van der Waals surface area contributed by atoms with Gasteiger partial charge in [0.25, 0.3) is 5.91 Å². The minimum Gasteiger partial charge on any atom is -0.486 e. The second-order valence-electron chi connectivity index (χ2n) is 8.02. The van der Waals surface area contributed by atoms with E-state index in [0.717, 1.165) is 38.0 Å². The van der Waals surface area contributed by atoms with Crippen molar-refractivity contribution >= 4 is 5.91 Å². The van der Waals surface area contributed by atoms with Gasteiger partial charge in [-0.05, 0) is 60.4 Å². The number of amides is 1. The van der Waals surface area contributed by atoms with Crippen molar-refractivity contribution in [3.63, 3.8) is 0 Å². The van der Waals surface area contributed by atoms with Crippen molar-refractivity contribution < 1.29 is 23.4 Å². The zero-order valence-corrected chi connectivity index (χ0v) is 17.8. The number of hydrogen-bond donors (Lipinski definition) is 2. The number of benzene rings is 2. The first kappa shape index (κ1) is 22.0. The lowest BCUT2D eigenvalue weighted by molar-refractivity contribution is 0.0792. The summed E-state index contributed by atoms with van der Waals surface area (Å²) in [7, 11) is 0. The van der Waals surface area contributed by atoms with Gasteiger partial charge in [0.1, 0.15) is 23.9 Å². The minimum absolute atomic E-state index is 0.149. The SMILES string of the molecule is O=C(NCc1ccc(CN2CCC(O)CC2)cc1)c1ccc(COc2ccc(F)cc2)o1. The van der Waals surface area contributed by atoms with Gasteiger partial charge in [0.05, 0.1) is 6.10 Å². The molecule has 32 heavy (non-hydrogen) atoms. The number of carbonyl (C=O) groups is 1. The maximum absolute atomic E-state index is 12.9. The van der Waals surface area contributed by atoms with Crippen molar-refractivity contribution in [3.05, 3.63) is 89.1 Å². The van der Waals surface area contributed by atoms with Crippen LogP contribution in [0.25, 0.3) is 0 Å². The first-order valence-corrected chi connectivity index (χ1v) is 10.8. The Hall–Kier alpha value is -3.16. The Morgan fingerprint density at radius 2 is 1.72 bits per heavy atom. The lowest BCUT2D eigenvalue weighted by atomic mass is 10.1. The molecule has 0 radical (unpaired) electrons. The van der Waals surface area contributed by atoms with Crippen LogP contribution in [0, 0.1) is 5.82 Å². The molecule has 0 saturated carbocycles. The summed E-state index contributed by atoms with van der Waals surface area (Å²) in [6, 6.07) is 17.2. The van der Waals surface area contributed by atoms with E-state index in [1.807, 2.05) is 12.1 Å².